The third kappa shape index (κ3) is 2.32. The molecule has 4 aliphatic carbocycles. The predicted molar refractivity (Wildman–Crippen MR) is 90.6 cm³/mol. The van der Waals surface area contributed by atoms with Crippen molar-refractivity contribution in [2.24, 2.45) is 17.8 Å². The Morgan fingerprint density at radius 3 is 2.50 bits per heavy atom. The van der Waals surface area contributed by atoms with Crippen LogP contribution in [0.5, 0.6) is 0 Å². The standard InChI is InChI=1S/C17H20F2O5S2/c1-15(18,19)14(22)24-16-4-7-2-8(5-16)17(9(3-7)6-16)25-11-10(20)12(21)23-13(11)26-17/h7-11,13,20H,2-6H2,1H3. The summed E-state index contributed by atoms with van der Waals surface area (Å²) in [6.07, 6.45) is 2.66. The van der Waals surface area contributed by atoms with E-state index >= 15 is 0 Å². The average Bonchev–Trinajstić information content (AvgIpc) is 3.01. The van der Waals surface area contributed by atoms with Crippen LogP contribution in [0.2, 0.25) is 0 Å². The third-order valence-corrected chi connectivity index (χ3v) is 10.8. The molecule has 5 nitrogen and oxygen atoms in total. The van der Waals surface area contributed by atoms with Crippen molar-refractivity contribution >= 4 is 35.5 Å². The van der Waals surface area contributed by atoms with Crippen LogP contribution in [-0.4, -0.2) is 49.4 Å². The topological polar surface area (TPSA) is 72.8 Å². The molecule has 6 aliphatic rings. The number of aliphatic hydroxyl groups excluding tert-OH is 1. The summed E-state index contributed by atoms with van der Waals surface area (Å²) < 4.78 is 37.3. The van der Waals surface area contributed by atoms with Gasteiger partial charge in [-0.05, 0) is 49.9 Å². The van der Waals surface area contributed by atoms with Crippen LogP contribution in [0, 0.1) is 17.8 Å². The van der Waals surface area contributed by atoms with E-state index in [-0.39, 0.29) is 26.6 Å². The summed E-state index contributed by atoms with van der Waals surface area (Å²) in [5, 5.41) is 9.83. The number of ether oxygens (including phenoxy) is 2. The third-order valence-electron chi connectivity index (χ3n) is 6.61. The molecule has 6 fully saturated rings. The van der Waals surface area contributed by atoms with Crippen LogP contribution in [0.1, 0.15) is 39.0 Å². The molecule has 6 rings (SSSR count). The molecule has 5 atom stereocenters. The first-order chi connectivity index (χ1) is 12.1. The van der Waals surface area contributed by atoms with Crippen molar-refractivity contribution in [2.45, 2.75) is 71.4 Å². The number of alkyl halides is 2. The first-order valence-corrected chi connectivity index (χ1v) is 10.7. The molecule has 2 saturated heterocycles. The monoisotopic (exact) mass is 406 g/mol. The highest BCUT2D eigenvalue weighted by atomic mass is 32.2. The molecule has 0 radical (unpaired) electrons. The van der Waals surface area contributed by atoms with E-state index in [1.807, 2.05) is 0 Å². The maximum atomic E-state index is 13.4. The van der Waals surface area contributed by atoms with Gasteiger partial charge in [0.1, 0.15) is 5.60 Å². The highest BCUT2D eigenvalue weighted by molar-refractivity contribution is 8.22. The van der Waals surface area contributed by atoms with Gasteiger partial charge in [-0.15, -0.1) is 11.8 Å². The zero-order valence-corrected chi connectivity index (χ0v) is 15.8. The molecule has 0 aromatic rings. The SMILES string of the molecule is CC(F)(F)C(=O)OC12CC3CC(C1)C1(SC4OC(=O)C(O)C4S1)C(C3)C2. The van der Waals surface area contributed by atoms with Crippen molar-refractivity contribution < 1.29 is 33.0 Å². The van der Waals surface area contributed by atoms with Crippen LogP contribution in [0.4, 0.5) is 8.78 Å². The molecule has 2 heterocycles. The molecule has 1 spiro atoms. The van der Waals surface area contributed by atoms with E-state index in [1.54, 1.807) is 23.5 Å². The minimum absolute atomic E-state index is 0.182. The van der Waals surface area contributed by atoms with E-state index < -0.39 is 29.6 Å². The van der Waals surface area contributed by atoms with Crippen molar-refractivity contribution in [3.05, 3.63) is 0 Å². The molecule has 4 bridgehead atoms. The smallest absolute Gasteiger partial charge is 0.377 e. The second-order valence-electron chi connectivity index (χ2n) is 8.48. The minimum Gasteiger partial charge on any atom is -0.455 e. The predicted octanol–water partition coefficient (Wildman–Crippen LogP) is 2.55. The van der Waals surface area contributed by atoms with Crippen molar-refractivity contribution in [1.29, 1.82) is 0 Å². The quantitative estimate of drug-likeness (QED) is 0.707. The summed E-state index contributed by atoms with van der Waals surface area (Å²) >= 11 is 3.25. The lowest BCUT2D eigenvalue weighted by molar-refractivity contribution is -0.208. The zero-order valence-electron chi connectivity index (χ0n) is 14.2. The highest BCUT2D eigenvalue weighted by Crippen LogP contribution is 2.73. The Balaban J connectivity index is 1.40. The summed E-state index contributed by atoms with van der Waals surface area (Å²) in [6, 6.07) is 0. The number of rotatable bonds is 2. The van der Waals surface area contributed by atoms with Crippen molar-refractivity contribution in [2.75, 3.05) is 0 Å². The first-order valence-electron chi connectivity index (χ1n) is 8.97. The Kier molecular flexibility index (Phi) is 3.57. The molecule has 26 heavy (non-hydrogen) atoms. The average molecular weight is 406 g/mol. The minimum atomic E-state index is -3.48. The summed E-state index contributed by atoms with van der Waals surface area (Å²) in [4.78, 5) is 23.4. The second-order valence-corrected chi connectivity index (χ2v) is 11.6. The normalized spacial score (nSPS) is 51.6. The Bertz CT molecular complexity index is 665. The molecule has 144 valence electrons. The number of thioether (sulfide) groups is 2. The van der Waals surface area contributed by atoms with Gasteiger partial charge < -0.3 is 14.6 Å². The lowest BCUT2D eigenvalue weighted by Crippen LogP contribution is -2.62. The molecule has 4 saturated carbocycles. The van der Waals surface area contributed by atoms with Crippen molar-refractivity contribution in [3.8, 4) is 0 Å². The number of carbonyl (C=O) groups excluding carboxylic acids is 2. The number of hydrogen-bond donors (Lipinski definition) is 1. The van der Waals surface area contributed by atoms with Gasteiger partial charge >= 0.3 is 17.9 Å². The maximum Gasteiger partial charge on any atom is 0.377 e. The first kappa shape index (κ1) is 17.6. The summed E-state index contributed by atoms with van der Waals surface area (Å²) in [5.74, 6) is -4.67. The Morgan fingerprint density at radius 1 is 1.27 bits per heavy atom. The Hall–Kier alpha value is -0.540. The largest absolute Gasteiger partial charge is 0.455 e. The molecule has 2 aliphatic heterocycles. The van der Waals surface area contributed by atoms with Gasteiger partial charge in [0.15, 0.2) is 11.5 Å². The van der Waals surface area contributed by atoms with Gasteiger partial charge in [0, 0.05) is 6.92 Å². The molecule has 5 unspecified atom stereocenters. The second kappa shape index (κ2) is 5.29. The fourth-order valence-corrected chi connectivity index (χ4v) is 10.1. The fourth-order valence-electron chi connectivity index (χ4n) is 5.82. The Labute approximate surface area is 157 Å². The van der Waals surface area contributed by atoms with Crippen molar-refractivity contribution in [3.63, 3.8) is 0 Å². The van der Waals surface area contributed by atoms with Crippen LogP contribution in [0.3, 0.4) is 0 Å². The van der Waals surface area contributed by atoms with Gasteiger partial charge in [0.25, 0.3) is 0 Å². The summed E-state index contributed by atoms with van der Waals surface area (Å²) in [5.41, 5.74) is -1.13. The number of halogens is 2. The molecule has 0 aromatic carbocycles. The van der Waals surface area contributed by atoms with E-state index in [4.69, 9.17) is 9.47 Å². The van der Waals surface area contributed by atoms with E-state index in [9.17, 15) is 23.5 Å². The fraction of sp³-hybridized carbons (Fsp3) is 0.882. The number of esters is 2. The van der Waals surface area contributed by atoms with Gasteiger partial charge in [-0.3, -0.25) is 0 Å². The molecular formula is C17H20F2O5S2. The Morgan fingerprint density at radius 2 is 1.92 bits per heavy atom. The lowest BCUT2D eigenvalue weighted by atomic mass is 9.53. The van der Waals surface area contributed by atoms with Gasteiger partial charge in [-0.2, -0.15) is 8.78 Å². The van der Waals surface area contributed by atoms with E-state index in [2.05, 4.69) is 0 Å². The van der Waals surface area contributed by atoms with E-state index in [0.717, 1.165) is 12.8 Å². The lowest BCUT2D eigenvalue weighted by Gasteiger charge is -2.63. The van der Waals surface area contributed by atoms with Gasteiger partial charge in [-0.25, -0.2) is 9.59 Å². The molecule has 1 N–H and O–H groups in total. The van der Waals surface area contributed by atoms with Gasteiger partial charge in [0.05, 0.1) is 9.33 Å². The molecule has 0 amide bonds. The van der Waals surface area contributed by atoms with Gasteiger partial charge in [-0.1, -0.05) is 11.8 Å². The molecular weight excluding hydrogens is 386 g/mol. The maximum absolute atomic E-state index is 13.4. The number of hydrogen-bond acceptors (Lipinski definition) is 7. The van der Waals surface area contributed by atoms with Crippen LogP contribution in [-0.2, 0) is 19.1 Å². The molecule has 9 heteroatoms. The number of fused-ring (bicyclic) bond motifs is 1. The van der Waals surface area contributed by atoms with Crippen LogP contribution in [0.15, 0.2) is 0 Å². The van der Waals surface area contributed by atoms with Crippen molar-refractivity contribution in [1.82, 2.24) is 0 Å². The highest BCUT2D eigenvalue weighted by Gasteiger charge is 2.70. The number of carbonyl (C=O) groups is 2. The van der Waals surface area contributed by atoms with Crippen LogP contribution >= 0.6 is 23.5 Å². The van der Waals surface area contributed by atoms with E-state index in [1.165, 1.54) is 0 Å². The van der Waals surface area contributed by atoms with Crippen LogP contribution < -0.4 is 0 Å². The van der Waals surface area contributed by atoms with Gasteiger partial charge in [0.2, 0.25) is 0 Å². The summed E-state index contributed by atoms with van der Waals surface area (Å²) in [6.45, 7) is 0.580. The molecule has 0 aromatic heterocycles. The zero-order chi connectivity index (χ0) is 18.5. The van der Waals surface area contributed by atoms with E-state index in [0.29, 0.717) is 32.1 Å². The summed E-state index contributed by atoms with van der Waals surface area (Å²) in [7, 11) is 0. The number of aliphatic hydroxyl groups is 1. The van der Waals surface area contributed by atoms with Crippen LogP contribution in [0.25, 0.3) is 0 Å².